The quantitative estimate of drug-likeness (QED) is 0.483. The Balaban J connectivity index is 0.00000400. The third-order valence-corrected chi connectivity index (χ3v) is 3.23. The molecule has 1 rings (SSSR count). The molecule has 118 valence electrons. The summed E-state index contributed by atoms with van der Waals surface area (Å²) in [6.45, 7) is 6.80. The van der Waals surface area contributed by atoms with Gasteiger partial charge >= 0.3 is 30.9 Å². The molecule has 0 aromatic heterocycles. The van der Waals surface area contributed by atoms with Crippen LogP contribution in [-0.2, 0) is 14.3 Å². The predicted octanol–water partition coefficient (Wildman–Crippen LogP) is 2.87. The van der Waals surface area contributed by atoms with E-state index in [2.05, 4.69) is 5.32 Å². The number of hydrogen-bond acceptors (Lipinski definition) is 4. The molecule has 0 saturated heterocycles. The van der Waals surface area contributed by atoms with Crippen molar-refractivity contribution in [3.05, 3.63) is 0 Å². The molecule has 0 unspecified atom stereocenters. The Morgan fingerprint density at radius 2 is 1.48 bits per heavy atom. The number of ether oxygens (including phenoxy) is 2. The molecule has 0 aromatic carbocycles. The van der Waals surface area contributed by atoms with Crippen LogP contribution in [0.4, 0.5) is 4.79 Å². The van der Waals surface area contributed by atoms with Crippen molar-refractivity contribution < 1.29 is 19.1 Å². The van der Waals surface area contributed by atoms with Crippen molar-refractivity contribution in [1.82, 2.24) is 5.32 Å². The standard InChI is InChI=1S/C15H27NO4.Li.H/c1-12(17)19-15(10-8-6-5-7-9-11-15)16-13(18)20-14(2,3)4;;/h5-11H2,1-4H3,(H,16,18);;. The summed E-state index contributed by atoms with van der Waals surface area (Å²) in [4.78, 5) is 23.4. The van der Waals surface area contributed by atoms with Gasteiger partial charge in [0.15, 0.2) is 5.72 Å². The first kappa shape index (κ1) is 20.3. The molecule has 1 N–H and O–H groups in total. The van der Waals surface area contributed by atoms with Crippen LogP contribution in [0, 0.1) is 0 Å². The first-order chi connectivity index (χ1) is 9.22. The summed E-state index contributed by atoms with van der Waals surface area (Å²) in [6, 6.07) is 0. The molecule has 0 spiro atoms. The molecule has 0 aliphatic heterocycles. The van der Waals surface area contributed by atoms with Gasteiger partial charge in [0.2, 0.25) is 0 Å². The van der Waals surface area contributed by atoms with Gasteiger partial charge in [-0.15, -0.1) is 0 Å². The molecule has 0 bridgehead atoms. The third-order valence-electron chi connectivity index (χ3n) is 3.23. The zero-order chi connectivity index (χ0) is 15.2. The Kier molecular flexibility index (Phi) is 8.43. The van der Waals surface area contributed by atoms with Crippen LogP contribution in [-0.4, -0.2) is 42.2 Å². The Morgan fingerprint density at radius 1 is 1.00 bits per heavy atom. The average Bonchev–Trinajstić information content (AvgIpc) is 2.20. The second-order valence-electron chi connectivity index (χ2n) is 6.48. The minimum absolute atomic E-state index is 0. The molecular weight excluding hydrogens is 265 g/mol. The molecule has 5 nitrogen and oxygen atoms in total. The van der Waals surface area contributed by atoms with Crippen molar-refractivity contribution in [1.29, 1.82) is 0 Å². The Morgan fingerprint density at radius 3 is 1.90 bits per heavy atom. The SMILES string of the molecule is CC(=O)OC1(NC(=O)OC(C)(C)C)CCCCCCC1.[LiH]. The van der Waals surface area contributed by atoms with Gasteiger partial charge in [-0.3, -0.25) is 10.1 Å². The first-order valence-corrected chi connectivity index (χ1v) is 7.43. The Hall–Kier alpha value is -0.663. The van der Waals surface area contributed by atoms with Gasteiger partial charge in [0.25, 0.3) is 0 Å². The zero-order valence-corrected chi connectivity index (χ0v) is 13.1. The van der Waals surface area contributed by atoms with Gasteiger partial charge in [0, 0.05) is 19.8 Å². The van der Waals surface area contributed by atoms with E-state index in [1.807, 2.05) is 20.8 Å². The van der Waals surface area contributed by atoms with E-state index in [-0.39, 0.29) is 24.8 Å². The number of alkyl carbamates (subject to hydrolysis) is 1. The average molecular weight is 293 g/mol. The fraction of sp³-hybridized carbons (Fsp3) is 0.867. The Labute approximate surface area is 139 Å². The van der Waals surface area contributed by atoms with Crippen LogP contribution < -0.4 is 5.32 Å². The first-order valence-electron chi connectivity index (χ1n) is 7.43. The van der Waals surface area contributed by atoms with E-state index >= 15 is 0 Å². The van der Waals surface area contributed by atoms with E-state index in [1.54, 1.807) is 0 Å². The van der Waals surface area contributed by atoms with Crippen LogP contribution in [0.25, 0.3) is 0 Å². The van der Waals surface area contributed by atoms with Gasteiger partial charge in [0.05, 0.1) is 0 Å². The second kappa shape index (κ2) is 8.70. The fourth-order valence-corrected chi connectivity index (χ4v) is 2.49. The number of rotatable bonds is 2. The number of esters is 1. The van der Waals surface area contributed by atoms with Crippen LogP contribution in [0.15, 0.2) is 0 Å². The third kappa shape index (κ3) is 8.38. The van der Waals surface area contributed by atoms with Crippen molar-refractivity contribution >= 4 is 30.9 Å². The van der Waals surface area contributed by atoms with E-state index in [9.17, 15) is 9.59 Å². The molecule has 0 heterocycles. The maximum atomic E-state index is 12.0. The van der Waals surface area contributed by atoms with Crippen molar-refractivity contribution in [2.24, 2.45) is 0 Å². The number of hydrogen-bond donors (Lipinski definition) is 1. The molecule has 1 fully saturated rings. The summed E-state index contributed by atoms with van der Waals surface area (Å²) in [5.41, 5.74) is -1.47. The molecule has 21 heavy (non-hydrogen) atoms. The van der Waals surface area contributed by atoms with E-state index in [0.717, 1.165) is 25.7 Å². The monoisotopic (exact) mass is 293 g/mol. The van der Waals surface area contributed by atoms with Gasteiger partial charge in [-0.25, -0.2) is 4.79 Å². The summed E-state index contributed by atoms with van der Waals surface area (Å²) < 4.78 is 10.7. The van der Waals surface area contributed by atoms with Gasteiger partial charge in [-0.05, 0) is 33.6 Å². The van der Waals surface area contributed by atoms with Gasteiger partial charge in [-0.1, -0.05) is 19.3 Å². The molecule has 1 amide bonds. The van der Waals surface area contributed by atoms with Crippen LogP contribution in [0.2, 0.25) is 0 Å². The molecule has 1 aliphatic carbocycles. The van der Waals surface area contributed by atoms with Crippen molar-refractivity contribution in [3.8, 4) is 0 Å². The summed E-state index contributed by atoms with van der Waals surface area (Å²) in [5.74, 6) is -0.373. The summed E-state index contributed by atoms with van der Waals surface area (Å²) >= 11 is 0. The van der Waals surface area contributed by atoms with Crippen LogP contribution >= 0.6 is 0 Å². The molecule has 1 aliphatic rings. The molecule has 0 aromatic rings. The number of amides is 1. The van der Waals surface area contributed by atoms with Crippen LogP contribution in [0.3, 0.4) is 0 Å². The molecule has 0 radical (unpaired) electrons. The fourth-order valence-electron chi connectivity index (χ4n) is 2.49. The number of carbonyl (C=O) groups excluding carboxylic acids is 2. The minimum atomic E-state index is -0.908. The maximum absolute atomic E-state index is 12.0. The second-order valence-corrected chi connectivity index (χ2v) is 6.48. The predicted molar refractivity (Wildman–Crippen MR) is 83.3 cm³/mol. The van der Waals surface area contributed by atoms with Gasteiger partial charge < -0.3 is 9.47 Å². The molecular formula is C15H28LiNO4. The summed E-state index contributed by atoms with van der Waals surface area (Å²) in [6.07, 6.45) is 6.02. The van der Waals surface area contributed by atoms with E-state index in [4.69, 9.17) is 9.47 Å². The zero-order valence-electron chi connectivity index (χ0n) is 13.1. The van der Waals surface area contributed by atoms with Crippen LogP contribution in [0.1, 0.15) is 72.6 Å². The van der Waals surface area contributed by atoms with Gasteiger partial charge in [0.1, 0.15) is 5.60 Å². The number of carbonyl (C=O) groups is 2. The summed E-state index contributed by atoms with van der Waals surface area (Å²) in [5, 5.41) is 2.78. The normalized spacial score (nSPS) is 18.5. The van der Waals surface area contributed by atoms with E-state index in [0.29, 0.717) is 12.8 Å². The van der Waals surface area contributed by atoms with E-state index in [1.165, 1.54) is 13.3 Å². The van der Waals surface area contributed by atoms with Crippen molar-refractivity contribution in [3.63, 3.8) is 0 Å². The molecule has 1 saturated carbocycles. The number of nitrogens with one attached hydrogen (secondary N) is 1. The van der Waals surface area contributed by atoms with Crippen LogP contribution in [0.5, 0.6) is 0 Å². The van der Waals surface area contributed by atoms with Crippen molar-refractivity contribution in [2.75, 3.05) is 0 Å². The summed E-state index contributed by atoms with van der Waals surface area (Å²) in [7, 11) is 0. The van der Waals surface area contributed by atoms with E-state index < -0.39 is 17.4 Å². The van der Waals surface area contributed by atoms with Gasteiger partial charge in [-0.2, -0.15) is 0 Å². The topological polar surface area (TPSA) is 64.6 Å². The molecule has 6 heteroatoms. The molecule has 0 atom stereocenters. The Bertz CT molecular complexity index is 344. The van der Waals surface area contributed by atoms with Crippen molar-refractivity contribution in [2.45, 2.75) is 84.0 Å².